The number of rotatable bonds is 3. The van der Waals surface area contributed by atoms with Crippen LogP contribution >= 0.6 is 0 Å². The first-order valence-corrected chi connectivity index (χ1v) is 3.24. The Labute approximate surface area is 50.1 Å². The fourth-order valence-corrected chi connectivity index (χ4v) is 0.893. The maximum atomic E-state index is 9.95. The largest absolute Gasteiger partial charge is 0.303 e. The summed E-state index contributed by atoms with van der Waals surface area (Å²) in [5, 5.41) is 9.95. The van der Waals surface area contributed by atoms with Crippen molar-refractivity contribution >= 4 is 0 Å². The lowest BCUT2D eigenvalue weighted by Crippen LogP contribution is -2.37. The lowest BCUT2D eigenvalue weighted by atomic mass is 10.2. The van der Waals surface area contributed by atoms with Crippen LogP contribution in [0, 0.1) is 0 Å². The van der Waals surface area contributed by atoms with Crippen molar-refractivity contribution in [1.29, 1.82) is 0 Å². The highest BCUT2D eigenvalue weighted by Crippen LogP contribution is 2.04. The fourth-order valence-electron chi connectivity index (χ4n) is 0.893. The van der Waals surface area contributed by atoms with Crippen LogP contribution in [0.5, 0.6) is 0 Å². The lowest BCUT2D eigenvalue weighted by Gasteiger charge is -2.30. The Morgan fingerprint density at radius 2 is 2.12 bits per heavy atom. The summed E-state index contributed by atoms with van der Waals surface area (Å²) in [7, 11) is 0. The summed E-state index contributed by atoms with van der Waals surface area (Å²) < 4.78 is 0. The molecule has 47 valence electrons. The molecule has 1 rings (SSSR count). The van der Waals surface area contributed by atoms with Crippen molar-refractivity contribution in [3.8, 4) is 0 Å². The van der Waals surface area contributed by atoms with E-state index in [1.807, 2.05) is 0 Å². The third-order valence-corrected chi connectivity index (χ3v) is 1.57. The second-order valence-electron chi connectivity index (χ2n) is 2.25. The molecule has 1 heterocycles. The van der Waals surface area contributed by atoms with Gasteiger partial charge in [-0.25, -0.2) is 5.11 Å². The van der Waals surface area contributed by atoms with Gasteiger partial charge in [-0.05, 0) is 25.9 Å². The van der Waals surface area contributed by atoms with Crippen LogP contribution < -0.4 is 0 Å². The Balaban J connectivity index is 1.86. The first kappa shape index (κ1) is 6.05. The van der Waals surface area contributed by atoms with Crippen molar-refractivity contribution in [2.75, 3.05) is 26.2 Å². The molecule has 0 atom stereocenters. The van der Waals surface area contributed by atoms with Crippen molar-refractivity contribution in [2.45, 2.75) is 12.8 Å². The molecule has 0 N–H and O–H groups in total. The molecule has 0 saturated carbocycles. The van der Waals surface area contributed by atoms with E-state index in [1.54, 1.807) is 0 Å². The molecule has 0 aromatic rings. The van der Waals surface area contributed by atoms with Gasteiger partial charge in [-0.2, -0.15) is 0 Å². The van der Waals surface area contributed by atoms with Crippen LogP contribution in [0.4, 0.5) is 0 Å². The molecule has 1 fully saturated rings. The first-order valence-electron chi connectivity index (χ1n) is 3.24. The second-order valence-corrected chi connectivity index (χ2v) is 2.25. The SMILES string of the molecule is [O]CCCN1CCC1. The predicted octanol–water partition coefficient (Wildman–Crippen LogP) is 0.513. The summed E-state index contributed by atoms with van der Waals surface area (Å²) in [6, 6.07) is 0. The Kier molecular flexibility index (Phi) is 2.30. The summed E-state index contributed by atoms with van der Waals surface area (Å²) in [4.78, 5) is 2.32. The maximum absolute atomic E-state index is 9.95. The second kappa shape index (κ2) is 3.05. The van der Waals surface area contributed by atoms with Crippen molar-refractivity contribution in [3.63, 3.8) is 0 Å². The number of nitrogens with zero attached hydrogens (tertiary/aromatic N) is 1. The minimum Gasteiger partial charge on any atom is -0.303 e. The molecule has 1 saturated heterocycles. The van der Waals surface area contributed by atoms with E-state index in [0.717, 1.165) is 13.0 Å². The molecule has 1 radical (unpaired) electrons. The molecular weight excluding hydrogens is 102 g/mol. The van der Waals surface area contributed by atoms with Crippen LogP contribution in [0.1, 0.15) is 12.8 Å². The third-order valence-electron chi connectivity index (χ3n) is 1.57. The number of likely N-dealkylation sites (tertiary alicyclic amines) is 1. The first-order chi connectivity index (χ1) is 3.93. The summed E-state index contributed by atoms with van der Waals surface area (Å²) in [6.07, 6.45) is 2.17. The highest BCUT2D eigenvalue weighted by Gasteiger charge is 2.11. The Morgan fingerprint density at radius 3 is 2.50 bits per heavy atom. The van der Waals surface area contributed by atoms with Gasteiger partial charge in [-0.1, -0.05) is 0 Å². The van der Waals surface area contributed by atoms with Gasteiger partial charge < -0.3 is 4.90 Å². The van der Waals surface area contributed by atoms with Gasteiger partial charge in [0.05, 0.1) is 6.61 Å². The molecule has 8 heavy (non-hydrogen) atoms. The smallest absolute Gasteiger partial charge is 0.0834 e. The van der Waals surface area contributed by atoms with Crippen molar-refractivity contribution in [1.82, 2.24) is 4.90 Å². The highest BCUT2D eigenvalue weighted by atomic mass is 16.3. The summed E-state index contributed by atoms with van der Waals surface area (Å²) in [5.74, 6) is 0. The number of hydrogen-bond acceptors (Lipinski definition) is 1. The lowest BCUT2D eigenvalue weighted by molar-refractivity contribution is 0.135. The van der Waals surface area contributed by atoms with Crippen LogP contribution in [0.25, 0.3) is 0 Å². The Bertz CT molecular complexity index is 61.5. The summed E-state index contributed by atoms with van der Waals surface area (Å²) >= 11 is 0. The molecule has 0 amide bonds. The van der Waals surface area contributed by atoms with Gasteiger partial charge in [0.2, 0.25) is 0 Å². The van der Waals surface area contributed by atoms with Crippen molar-refractivity contribution < 1.29 is 5.11 Å². The average Bonchev–Trinajstić information content (AvgIpc) is 1.63. The standard InChI is InChI=1S/C6H12NO/c8-6-2-5-7-3-1-4-7/h1-6H2. The molecule has 0 aliphatic carbocycles. The minimum atomic E-state index is 0.0938. The molecule has 0 aromatic heterocycles. The van der Waals surface area contributed by atoms with Crippen LogP contribution in [-0.2, 0) is 5.11 Å². The molecule has 2 heteroatoms. The van der Waals surface area contributed by atoms with E-state index in [4.69, 9.17) is 0 Å². The van der Waals surface area contributed by atoms with E-state index in [1.165, 1.54) is 19.5 Å². The average molecular weight is 114 g/mol. The minimum absolute atomic E-state index is 0.0938. The van der Waals surface area contributed by atoms with E-state index < -0.39 is 0 Å². The van der Waals surface area contributed by atoms with E-state index in [-0.39, 0.29) is 6.61 Å². The zero-order chi connectivity index (χ0) is 5.82. The Morgan fingerprint density at radius 1 is 1.38 bits per heavy atom. The predicted molar refractivity (Wildman–Crippen MR) is 31.2 cm³/mol. The van der Waals surface area contributed by atoms with E-state index in [9.17, 15) is 5.11 Å². The fraction of sp³-hybridized carbons (Fsp3) is 1.00. The quantitative estimate of drug-likeness (QED) is 0.524. The van der Waals surface area contributed by atoms with Crippen LogP contribution in [-0.4, -0.2) is 31.1 Å². The van der Waals surface area contributed by atoms with Crippen LogP contribution in [0.3, 0.4) is 0 Å². The normalized spacial score (nSPS) is 20.6. The van der Waals surface area contributed by atoms with E-state index >= 15 is 0 Å². The zero-order valence-electron chi connectivity index (χ0n) is 5.10. The third kappa shape index (κ3) is 1.46. The molecule has 1 aliphatic heterocycles. The monoisotopic (exact) mass is 114 g/mol. The van der Waals surface area contributed by atoms with Gasteiger partial charge in [-0.3, -0.25) is 0 Å². The van der Waals surface area contributed by atoms with Gasteiger partial charge >= 0.3 is 0 Å². The van der Waals surface area contributed by atoms with Gasteiger partial charge in [-0.15, -0.1) is 0 Å². The van der Waals surface area contributed by atoms with Crippen LogP contribution in [0.15, 0.2) is 0 Å². The van der Waals surface area contributed by atoms with Crippen molar-refractivity contribution in [3.05, 3.63) is 0 Å². The number of hydrogen-bond donors (Lipinski definition) is 0. The molecule has 0 bridgehead atoms. The van der Waals surface area contributed by atoms with Gasteiger partial charge in [0.25, 0.3) is 0 Å². The maximum Gasteiger partial charge on any atom is 0.0834 e. The molecule has 0 aromatic carbocycles. The topological polar surface area (TPSA) is 23.1 Å². The molecule has 2 nitrogen and oxygen atoms in total. The highest BCUT2D eigenvalue weighted by molar-refractivity contribution is 4.67. The molecule has 0 spiro atoms. The molecular formula is C6H12NO. The van der Waals surface area contributed by atoms with E-state index in [0.29, 0.717) is 0 Å². The van der Waals surface area contributed by atoms with E-state index in [2.05, 4.69) is 4.90 Å². The van der Waals surface area contributed by atoms with Crippen molar-refractivity contribution in [2.24, 2.45) is 0 Å². The molecule has 1 aliphatic rings. The Hall–Kier alpha value is -0.0800. The van der Waals surface area contributed by atoms with Crippen LogP contribution in [0.2, 0.25) is 0 Å². The van der Waals surface area contributed by atoms with Gasteiger partial charge in [0.15, 0.2) is 0 Å². The summed E-state index contributed by atoms with van der Waals surface area (Å²) in [6.45, 7) is 3.57. The summed E-state index contributed by atoms with van der Waals surface area (Å²) in [5.41, 5.74) is 0. The molecule has 0 unspecified atom stereocenters. The van der Waals surface area contributed by atoms with Gasteiger partial charge in [0, 0.05) is 6.54 Å². The van der Waals surface area contributed by atoms with Gasteiger partial charge in [0.1, 0.15) is 0 Å². The zero-order valence-corrected chi connectivity index (χ0v) is 5.10.